The van der Waals surface area contributed by atoms with Crippen molar-refractivity contribution in [2.75, 3.05) is 66.1 Å². The molecule has 4 aromatic rings. The smallest absolute Gasteiger partial charge is 0.330 e. The molecule has 0 aromatic heterocycles. The maximum Gasteiger partial charge on any atom is 0.330 e. The molecule has 14 nitrogen and oxygen atoms in total. The van der Waals surface area contributed by atoms with Crippen molar-refractivity contribution < 1.29 is 66.5 Å². The largest absolute Gasteiger partial charge is 0.491 e. The lowest BCUT2D eigenvalue weighted by molar-refractivity contribution is -0.159. The number of hydrogen-bond donors (Lipinski definition) is 0. The molecule has 0 saturated carbocycles. The van der Waals surface area contributed by atoms with Crippen LogP contribution in [0.2, 0.25) is 0 Å². The van der Waals surface area contributed by atoms with Crippen LogP contribution in [-0.4, -0.2) is 102 Å². The Bertz CT molecular complexity index is 2180. The average Bonchev–Trinajstić information content (AvgIpc) is 3.36. The summed E-state index contributed by atoms with van der Waals surface area (Å²) in [7, 11) is 0. The van der Waals surface area contributed by atoms with E-state index in [0.29, 0.717) is 35.8 Å². The Morgan fingerprint density at radius 3 is 1.33 bits per heavy atom. The van der Waals surface area contributed by atoms with Crippen molar-refractivity contribution in [1.29, 1.82) is 0 Å². The van der Waals surface area contributed by atoms with Gasteiger partial charge in [-0.25, -0.2) is 9.59 Å². The van der Waals surface area contributed by atoms with Crippen LogP contribution in [0.4, 0.5) is 0 Å². The molecule has 0 aliphatic rings. The molecule has 0 bridgehead atoms. The number of aryl methyl sites for hydroxylation is 2. The Morgan fingerprint density at radius 2 is 0.957 bits per heavy atom. The third kappa shape index (κ3) is 20.5. The van der Waals surface area contributed by atoms with E-state index in [-0.39, 0.29) is 84.3 Å². The highest BCUT2D eigenvalue weighted by atomic mass is 16.6. The number of benzene rings is 4. The van der Waals surface area contributed by atoms with Gasteiger partial charge >= 0.3 is 23.9 Å². The summed E-state index contributed by atoms with van der Waals surface area (Å²) in [5, 5.41) is 0. The van der Waals surface area contributed by atoms with Crippen LogP contribution in [0.15, 0.2) is 122 Å². The van der Waals surface area contributed by atoms with Crippen LogP contribution >= 0.6 is 0 Å². The maximum absolute atomic E-state index is 12.5. The number of ether oxygens (including phenoxy) is 10. The first-order valence-corrected chi connectivity index (χ1v) is 22.3. The molecule has 4 aromatic carbocycles. The van der Waals surface area contributed by atoms with Gasteiger partial charge in [0, 0.05) is 30.4 Å². The Morgan fingerprint density at radius 1 is 0.551 bits per heavy atom. The van der Waals surface area contributed by atoms with Gasteiger partial charge in [-0.15, -0.1) is 12.8 Å². The minimum absolute atomic E-state index is 0.0180. The summed E-state index contributed by atoms with van der Waals surface area (Å²) in [5.74, 6) is 5.12. The molecule has 14 heteroatoms. The molecular weight excluding hydrogens is 885 g/mol. The third-order valence-corrected chi connectivity index (χ3v) is 10.2. The highest BCUT2D eigenvalue weighted by molar-refractivity contribution is 5.81. The second kappa shape index (κ2) is 30.0. The minimum Gasteiger partial charge on any atom is -0.491 e. The van der Waals surface area contributed by atoms with Gasteiger partial charge in [0.15, 0.2) is 12.2 Å². The van der Waals surface area contributed by atoms with Gasteiger partial charge in [0.25, 0.3) is 0 Å². The van der Waals surface area contributed by atoms with Crippen molar-refractivity contribution >= 4 is 23.9 Å². The van der Waals surface area contributed by atoms with Gasteiger partial charge in [0.05, 0.1) is 26.4 Å². The molecule has 0 amide bonds. The standard InChI is InChI=1S/C55H60O14/c1-7-29-62-47-15-11-13-41(35-47)17-27-53(58)66-39-49(68-51(56)9-3)37-60-31-33-64-45-23-19-43(20-24-45)55(5,6)44-21-25-46(26-22-44)65-34-32-61-38-50(69-52(57)10-4)40-67-54(59)28-18-42-14-12-16-48(36-42)63-30-8-2/h1-2,9-16,19-26,35-36,49-50H,3-4,17-18,27-34,37-40H2,5-6H3. The number of terminal acetylenes is 2. The van der Waals surface area contributed by atoms with Gasteiger partial charge in [0.1, 0.15) is 62.6 Å². The van der Waals surface area contributed by atoms with Crippen molar-refractivity contribution in [3.8, 4) is 47.7 Å². The molecule has 0 heterocycles. The van der Waals surface area contributed by atoms with E-state index in [1.807, 2.05) is 84.9 Å². The van der Waals surface area contributed by atoms with Gasteiger partial charge in [-0.2, -0.15) is 0 Å². The predicted molar refractivity (Wildman–Crippen MR) is 258 cm³/mol. The lowest BCUT2D eigenvalue weighted by Crippen LogP contribution is -2.30. The van der Waals surface area contributed by atoms with Crippen LogP contribution in [0, 0.1) is 24.7 Å². The fraction of sp³-hybridized carbons (Fsp3) is 0.345. The van der Waals surface area contributed by atoms with Crippen molar-refractivity contribution in [2.45, 2.75) is 57.2 Å². The fourth-order valence-electron chi connectivity index (χ4n) is 6.47. The average molecular weight is 945 g/mol. The van der Waals surface area contributed by atoms with E-state index < -0.39 is 36.1 Å². The molecular formula is C55H60O14. The summed E-state index contributed by atoms with van der Waals surface area (Å²) in [6.45, 7) is 11.8. The second-order valence-electron chi connectivity index (χ2n) is 15.7. The van der Waals surface area contributed by atoms with Crippen LogP contribution in [0.25, 0.3) is 0 Å². The maximum atomic E-state index is 12.5. The topological polar surface area (TPSA) is 161 Å². The number of hydrogen-bond acceptors (Lipinski definition) is 14. The first-order chi connectivity index (χ1) is 33.4. The van der Waals surface area contributed by atoms with Gasteiger partial charge in [-0.1, -0.05) is 87.4 Å². The number of rotatable bonds is 32. The molecule has 0 spiro atoms. The lowest BCUT2D eigenvalue weighted by atomic mass is 9.78. The summed E-state index contributed by atoms with van der Waals surface area (Å²) in [5.41, 5.74) is 3.54. The van der Waals surface area contributed by atoms with Crippen LogP contribution in [0.3, 0.4) is 0 Å². The van der Waals surface area contributed by atoms with E-state index in [4.69, 9.17) is 60.2 Å². The van der Waals surface area contributed by atoms with Crippen LogP contribution < -0.4 is 18.9 Å². The number of esters is 4. The van der Waals surface area contributed by atoms with E-state index in [0.717, 1.165) is 34.4 Å². The van der Waals surface area contributed by atoms with Crippen molar-refractivity contribution in [2.24, 2.45) is 0 Å². The summed E-state index contributed by atoms with van der Waals surface area (Å²) in [6.07, 6.45) is 12.0. The summed E-state index contributed by atoms with van der Waals surface area (Å²) < 4.78 is 55.5. The molecule has 0 fully saturated rings. The summed E-state index contributed by atoms with van der Waals surface area (Å²) >= 11 is 0. The summed E-state index contributed by atoms with van der Waals surface area (Å²) in [4.78, 5) is 48.8. The van der Waals surface area contributed by atoms with Crippen molar-refractivity contribution in [1.82, 2.24) is 0 Å². The zero-order valence-electron chi connectivity index (χ0n) is 39.2. The van der Waals surface area contributed by atoms with E-state index >= 15 is 0 Å². The highest BCUT2D eigenvalue weighted by Gasteiger charge is 2.24. The monoisotopic (exact) mass is 944 g/mol. The molecule has 0 radical (unpaired) electrons. The molecule has 0 saturated heterocycles. The quantitative estimate of drug-likeness (QED) is 0.0157. The highest BCUT2D eigenvalue weighted by Crippen LogP contribution is 2.33. The van der Waals surface area contributed by atoms with Crippen molar-refractivity contribution in [3.63, 3.8) is 0 Å². The fourth-order valence-corrected chi connectivity index (χ4v) is 6.47. The van der Waals surface area contributed by atoms with E-state index in [2.05, 4.69) is 38.8 Å². The van der Waals surface area contributed by atoms with Gasteiger partial charge in [-0.3, -0.25) is 9.59 Å². The molecule has 364 valence electrons. The minimum atomic E-state index is -0.836. The normalized spacial score (nSPS) is 11.6. The molecule has 2 unspecified atom stereocenters. The van der Waals surface area contributed by atoms with E-state index in [9.17, 15) is 19.2 Å². The van der Waals surface area contributed by atoms with Gasteiger partial charge in [-0.05, 0) is 83.6 Å². The Hall–Kier alpha value is -7.52. The third-order valence-electron chi connectivity index (χ3n) is 10.2. The molecule has 0 aliphatic heterocycles. The Kier molecular flexibility index (Phi) is 23.5. The Labute approximate surface area is 404 Å². The van der Waals surface area contributed by atoms with Crippen molar-refractivity contribution in [3.05, 3.63) is 145 Å². The molecule has 2 atom stereocenters. The van der Waals surface area contributed by atoms with E-state index in [1.54, 1.807) is 12.1 Å². The molecule has 0 aliphatic carbocycles. The van der Waals surface area contributed by atoms with Crippen LogP contribution in [0.5, 0.6) is 23.0 Å². The van der Waals surface area contributed by atoms with Crippen LogP contribution in [-0.2, 0) is 65.9 Å². The Balaban J connectivity index is 1.14. The summed E-state index contributed by atoms with van der Waals surface area (Å²) in [6, 6.07) is 30.1. The lowest BCUT2D eigenvalue weighted by Gasteiger charge is -2.26. The van der Waals surface area contributed by atoms with E-state index in [1.165, 1.54) is 0 Å². The molecule has 69 heavy (non-hydrogen) atoms. The predicted octanol–water partition coefficient (Wildman–Crippen LogP) is 7.37. The molecule has 0 N–H and O–H groups in total. The number of carbonyl (C=O) groups is 4. The van der Waals surface area contributed by atoms with Crippen LogP contribution in [0.1, 0.15) is 48.9 Å². The molecule has 4 rings (SSSR count). The first kappa shape index (κ1) is 54.1. The zero-order valence-corrected chi connectivity index (χ0v) is 39.2. The first-order valence-electron chi connectivity index (χ1n) is 22.3. The second-order valence-corrected chi connectivity index (χ2v) is 15.7. The number of carbonyl (C=O) groups excluding carboxylic acids is 4. The van der Waals surface area contributed by atoms with Gasteiger partial charge in [0.2, 0.25) is 0 Å². The van der Waals surface area contributed by atoms with Gasteiger partial charge < -0.3 is 47.4 Å². The zero-order chi connectivity index (χ0) is 49.7. The SMILES string of the molecule is C#CCOc1cccc(CCC(=O)OCC(COCCOc2ccc(C(C)(C)c3ccc(OCCOCC(COC(=O)CCc4cccc(OCC#C)c4)OC(=O)C=C)cc3)cc2)OC(=O)C=C)c1.